The molecular formula is C67H45N3O. The van der Waals surface area contributed by atoms with Gasteiger partial charge in [-0.25, -0.2) is 15.0 Å². The van der Waals surface area contributed by atoms with Gasteiger partial charge in [0, 0.05) is 27.5 Å². The zero-order valence-electron chi connectivity index (χ0n) is 38.7. The maximum absolute atomic E-state index is 6.37. The molecule has 2 heterocycles. The normalized spacial score (nSPS) is 11.1. The average Bonchev–Trinajstić information content (AvgIpc) is 3.83. The molecule has 4 heteroatoms. The molecule has 0 atom stereocenters. The number of furan rings is 1. The van der Waals surface area contributed by atoms with Crippen molar-refractivity contribution in [1.29, 1.82) is 0 Å². The van der Waals surface area contributed by atoms with Crippen LogP contribution in [0.3, 0.4) is 0 Å². The molecule has 0 radical (unpaired) electrons. The van der Waals surface area contributed by atoms with E-state index in [-0.39, 0.29) is 0 Å². The van der Waals surface area contributed by atoms with E-state index in [0.717, 1.165) is 105 Å². The van der Waals surface area contributed by atoms with Crippen molar-refractivity contribution < 1.29 is 4.42 Å². The molecule has 0 saturated heterocycles. The van der Waals surface area contributed by atoms with Gasteiger partial charge in [-0.15, -0.1) is 0 Å². The van der Waals surface area contributed by atoms with Gasteiger partial charge >= 0.3 is 0 Å². The van der Waals surface area contributed by atoms with Gasteiger partial charge < -0.3 is 4.42 Å². The van der Waals surface area contributed by atoms with E-state index in [4.69, 9.17) is 19.4 Å². The number of nitrogens with zero attached hydrogens (tertiary/aromatic N) is 3. The van der Waals surface area contributed by atoms with Crippen LogP contribution in [0.2, 0.25) is 0 Å². The van der Waals surface area contributed by atoms with E-state index >= 15 is 0 Å². The van der Waals surface area contributed by atoms with Crippen molar-refractivity contribution in [3.8, 4) is 34.2 Å². The lowest BCUT2D eigenvalue weighted by atomic mass is 9.85. The van der Waals surface area contributed by atoms with E-state index < -0.39 is 0 Å². The summed E-state index contributed by atoms with van der Waals surface area (Å²) < 4.78 is 6.37. The molecule has 0 bridgehead atoms. The molecular weight excluding hydrogens is 863 g/mol. The number of aromatic nitrogens is 3. The van der Waals surface area contributed by atoms with Gasteiger partial charge in [-0.1, -0.05) is 255 Å². The summed E-state index contributed by atoms with van der Waals surface area (Å²) in [4.78, 5) is 15.7. The van der Waals surface area contributed by atoms with Crippen LogP contribution in [0.4, 0.5) is 0 Å². The van der Waals surface area contributed by atoms with E-state index in [2.05, 4.69) is 249 Å². The van der Waals surface area contributed by atoms with E-state index in [0.29, 0.717) is 17.5 Å². The second-order valence-electron chi connectivity index (χ2n) is 17.5. The van der Waals surface area contributed by atoms with Gasteiger partial charge in [0.1, 0.15) is 11.2 Å². The van der Waals surface area contributed by atoms with Crippen LogP contribution in [0.15, 0.2) is 277 Å². The molecule has 4 nitrogen and oxygen atoms in total. The highest BCUT2D eigenvalue weighted by atomic mass is 16.3. The van der Waals surface area contributed by atoms with Gasteiger partial charge in [-0.05, 0) is 85.0 Å². The minimum absolute atomic E-state index is 0.557. The summed E-state index contributed by atoms with van der Waals surface area (Å²) in [5.74, 6) is 1.70. The summed E-state index contributed by atoms with van der Waals surface area (Å²) in [5, 5.41) is 2.12. The van der Waals surface area contributed by atoms with E-state index in [9.17, 15) is 0 Å². The summed E-state index contributed by atoms with van der Waals surface area (Å²) in [6, 6.07) is 95.5. The minimum Gasteiger partial charge on any atom is -0.456 e. The van der Waals surface area contributed by atoms with Crippen molar-refractivity contribution >= 4 is 44.2 Å². The fourth-order valence-corrected chi connectivity index (χ4v) is 9.65. The standard InChI is InChI=1S/C67H45N3O/c1-7-21-46(22-8-1)61(47-23-9-2-10-24-47)63(50-29-15-5-16-30-50)52-35-39-54(40-36-52)65-68-66(70-67(69-65)56-43-44-58-57-33-19-20-34-59(57)71-60(58)45-56)55-41-37-53(38-42-55)64(51-31-17-6-18-32-51)62(48-25-11-3-12-26-48)49-27-13-4-14-28-49/h1-45H. The second-order valence-corrected chi connectivity index (χ2v) is 17.5. The summed E-state index contributed by atoms with van der Waals surface area (Å²) >= 11 is 0. The van der Waals surface area contributed by atoms with Crippen molar-refractivity contribution in [3.63, 3.8) is 0 Å². The van der Waals surface area contributed by atoms with Crippen molar-refractivity contribution in [2.45, 2.75) is 0 Å². The third-order valence-corrected chi connectivity index (χ3v) is 13.0. The molecule has 0 fully saturated rings. The highest BCUT2D eigenvalue weighted by Gasteiger charge is 2.20. The Morgan fingerprint density at radius 1 is 0.225 bits per heavy atom. The van der Waals surface area contributed by atoms with Crippen molar-refractivity contribution in [1.82, 2.24) is 15.0 Å². The molecule has 0 N–H and O–H groups in total. The number of para-hydroxylation sites is 1. The van der Waals surface area contributed by atoms with Gasteiger partial charge in [0.2, 0.25) is 0 Å². The van der Waals surface area contributed by atoms with Gasteiger partial charge in [-0.3, -0.25) is 0 Å². The summed E-state index contributed by atoms with van der Waals surface area (Å²) in [6.07, 6.45) is 0. The lowest BCUT2D eigenvalue weighted by Gasteiger charge is -2.18. The largest absolute Gasteiger partial charge is 0.456 e. The van der Waals surface area contributed by atoms with Crippen LogP contribution >= 0.6 is 0 Å². The Balaban J connectivity index is 1.01. The lowest BCUT2D eigenvalue weighted by Crippen LogP contribution is -2.01. The second kappa shape index (κ2) is 19.2. The highest BCUT2D eigenvalue weighted by molar-refractivity contribution is 6.07. The first-order valence-corrected chi connectivity index (χ1v) is 23.9. The molecule has 10 aromatic carbocycles. The predicted molar refractivity (Wildman–Crippen MR) is 292 cm³/mol. The Morgan fingerprint density at radius 2 is 0.493 bits per heavy atom. The Kier molecular flexibility index (Phi) is 11.6. The Bertz CT molecular complexity index is 3570. The monoisotopic (exact) mass is 907 g/mol. The molecule has 71 heavy (non-hydrogen) atoms. The van der Waals surface area contributed by atoms with Crippen molar-refractivity contribution in [2.75, 3.05) is 0 Å². The molecule has 0 spiro atoms. The van der Waals surface area contributed by atoms with Crippen LogP contribution < -0.4 is 0 Å². The van der Waals surface area contributed by atoms with Crippen LogP contribution in [0.1, 0.15) is 44.5 Å². The zero-order chi connectivity index (χ0) is 47.3. The van der Waals surface area contributed by atoms with E-state index in [1.807, 2.05) is 24.3 Å². The van der Waals surface area contributed by atoms with Gasteiger partial charge in [0.25, 0.3) is 0 Å². The van der Waals surface area contributed by atoms with E-state index in [1.54, 1.807) is 0 Å². The molecule has 0 aliphatic heterocycles. The first kappa shape index (κ1) is 42.8. The summed E-state index contributed by atoms with van der Waals surface area (Å²) in [5.41, 5.74) is 17.8. The molecule has 0 aliphatic carbocycles. The molecule has 0 saturated carbocycles. The quantitative estimate of drug-likeness (QED) is 0.121. The zero-order valence-corrected chi connectivity index (χ0v) is 38.7. The number of hydrogen-bond acceptors (Lipinski definition) is 4. The minimum atomic E-state index is 0.557. The number of rotatable bonds is 11. The first-order chi connectivity index (χ1) is 35.2. The fraction of sp³-hybridized carbons (Fsp3) is 0. The third kappa shape index (κ3) is 8.67. The van der Waals surface area contributed by atoms with Crippen LogP contribution in [-0.2, 0) is 0 Å². The Morgan fingerprint density at radius 3 is 0.845 bits per heavy atom. The third-order valence-electron chi connectivity index (χ3n) is 13.0. The molecule has 334 valence electrons. The molecule has 2 aromatic heterocycles. The van der Waals surface area contributed by atoms with Gasteiger partial charge in [0.05, 0.1) is 0 Å². The SMILES string of the molecule is c1ccc(C(=C(c2ccccc2)c2ccc(-c3nc(-c4ccc(C(=C(c5ccccc5)c5ccccc5)c5ccccc5)cc4)nc(-c4ccc5c(c4)oc4ccccc45)n3)cc2)c2ccccc2)cc1. The van der Waals surface area contributed by atoms with Gasteiger partial charge in [-0.2, -0.15) is 0 Å². The van der Waals surface area contributed by atoms with Crippen LogP contribution in [0.5, 0.6) is 0 Å². The summed E-state index contributed by atoms with van der Waals surface area (Å²) in [7, 11) is 0. The topological polar surface area (TPSA) is 51.8 Å². The fourth-order valence-electron chi connectivity index (χ4n) is 9.65. The Labute approximate surface area is 413 Å². The highest BCUT2D eigenvalue weighted by Crippen LogP contribution is 2.40. The molecule has 0 unspecified atom stereocenters. The van der Waals surface area contributed by atoms with Gasteiger partial charge in [0.15, 0.2) is 17.5 Å². The lowest BCUT2D eigenvalue weighted by molar-refractivity contribution is 0.669. The van der Waals surface area contributed by atoms with Crippen LogP contribution in [0, 0.1) is 0 Å². The van der Waals surface area contributed by atoms with Crippen LogP contribution in [-0.4, -0.2) is 15.0 Å². The van der Waals surface area contributed by atoms with E-state index in [1.165, 1.54) is 0 Å². The number of hydrogen-bond donors (Lipinski definition) is 0. The molecule has 12 aromatic rings. The maximum Gasteiger partial charge on any atom is 0.164 e. The number of benzene rings is 10. The number of fused-ring (bicyclic) bond motifs is 3. The molecule has 0 aliphatic rings. The predicted octanol–water partition coefficient (Wildman–Crippen LogP) is 16.8. The molecule has 12 rings (SSSR count). The maximum atomic E-state index is 6.37. The smallest absolute Gasteiger partial charge is 0.164 e. The average molecular weight is 908 g/mol. The van der Waals surface area contributed by atoms with Crippen molar-refractivity contribution in [2.24, 2.45) is 0 Å². The molecule has 0 amide bonds. The Hall–Kier alpha value is -9.51. The first-order valence-electron chi connectivity index (χ1n) is 23.9. The summed E-state index contributed by atoms with van der Waals surface area (Å²) in [6.45, 7) is 0. The van der Waals surface area contributed by atoms with Crippen LogP contribution in [0.25, 0.3) is 78.4 Å². The van der Waals surface area contributed by atoms with Crippen molar-refractivity contribution in [3.05, 3.63) is 317 Å².